The Morgan fingerprint density at radius 1 is 1.06 bits per heavy atom. The van der Waals surface area contributed by atoms with E-state index in [-0.39, 0.29) is 16.8 Å². The molecule has 3 rings (SSSR count). The van der Waals surface area contributed by atoms with Crippen LogP contribution in [0.25, 0.3) is 5.69 Å². The number of hydrogen-bond acceptors (Lipinski definition) is 4. The average molecular weight is 461 g/mol. The number of aryl methyl sites for hydroxylation is 1. The van der Waals surface area contributed by atoms with Crippen molar-refractivity contribution in [3.05, 3.63) is 70.5 Å². The molecule has 7 nitrogen and oxygen atoms in total. The van der Waals surface area contributed by atoms with Gasteiger partial charge in [-0.1, -0.05) is 11.6 Å². The number of carbonyl (C=O) groups excluding carboxylic acids is 1. The molecule has 0 spiro atoms. The molecule has 0 atom stereocenters. The monoisotopic (exact) mass is 460 g/mol. The zero-order valence-corrected chi connectivity index (χ0v) is 19.6. The number of rotatable bonds is 6. The number of amides is 1. The summed E-state index contributed by atoms with van der Waals surface area (Å²) in [7, 11) is -2.03. The first kappa shape index (κ1) is 23.0. The number of carbonyl (C=O) groups is 1. The predicted molar refractivity (Wildman–Crippen MR) is 123 cm³/mol. The van der Waals surface area contributed by atoms with Gasteiger partial charge in [0.25, 0.3) is 5.91 Å². The third-order valence-electron chi connectivity index (χ3n) is 5.09. The Morgan fingerprint density at radius 3 is 2.13 bits per heavy atom. The summed E-state index contributed by atoms with van der Waals surface area (Å²) in [5, 5.41) is 7.80. The van der Waals surface area contributed by atoms with Gasteiger partial charge in [0.15, 0.2) is 0 Å². The van der Waals surface area contributed by atoms with Crippen molar-refractivity contribution in [1.29, 1.82) is 0 Å². The van der Waals surface area contributed by atoms with E-state index in [1.54, 1.807) is 62.0 Å². The molecule has 1 amide bonds. The first-order valence-electron chi connectivity index (χ1n) is 9.74. The lowest BCUT2D eigenvalue weighted by molar-refractivity contribution is 0.102. The molecular formula is C22H25ClN4O3S. The molecule has 2 aromatic carbocycles. The van der Waals surface area contributed by atoms with Crippen molar-refractivity contribution in [2.24, 2.45) is 0 Å². The highest BCUT2D eigenvalue weighted by Crippen LogP contribution is 2.23. The minimum atomic E-state index is -3.57. The molecule has 0 aliphatic carbocycles. The van der Waals surface area contributed by atoms with Crippen LogP contribution < -0.4 is 5.32 Å². The number of nitrogens with one attached hydrogen (secondary N) is 1. The second-order valence-electron chi connectivity index (χ2n) is 7.54. The van der Waals surface area contributed by atoms with Crippen molar-refractivity contribution in [2.75, 3.05) is 12.4 Å². The number of anilines is 1. The minimum Gasteiger partial charge on any atom is -0.322 e. The topological polar surface area (TPSA) is 84.3 Å². The Balaban J connectivity index is 1.74. The van der Waals surface area contributed by atoms with Crippen molar-refractivity contribution in [3.8, 4) is 5.69 Å². The Hall–Kier alpha value is -2.68. The van der Waals surface area contributed by atoms with Gasteiger partial charge in [-0.3, -0.25) is 4.79 Å². The van der Waals surface area contributed by atoms with E-state index >= 15 is 0 Å². The summed E-state index contributed by atoms with van der Waals surface area (Å²) in [4.78, 5) is 12.8. The van der Waals surface area contributed by atoms with E-state index < -0.39 is 10.0 Å². The lowest BCUT2D eigenvalue weighted by atomic mass is 10.2. The van der Waals surface area contributed by atoms with Crippen LogP contribution in [0.2, 0.25) is 5.02 Å². The van der Waals surface area contributed by atoms with Gasteiger partial charge in [-0.15, -0.1) is 0 Å². The Morgan fingerprint density at radius 2 is 1.65 bits per heavy atom. The second kappa shape index (κ2) is 8.82. The highest BCUT2D eigenvalue weighted by atomic mass is 35.5. The van der Waals surface area contributed by atoms with Crippen LogP contribution in [0.4, 0.5) is 5.69 Å². The van der Waals surface area contributed by atoms with E-state index in [1.807, 2.05) is 13.8 Å². The van der Waals surface area contributed by atoms with Crippen LogP contribution >= 0.6 is 11.6 Å². The average Bonchev–Trinajstić information content (AvgIpc) is 3.00. The maximum absolute atomic E-state index is 12.6. The molecular weight excluding hydrogens is 436 g/mol. The number of aromatic nitrogens is 2. The second-order valence-corrected chi connectivity index (χ2v) is 9.91. The highest BCUT2D eigenvalue weighted by Gasteiger charge is 2.23. The molecule has 0 aliphatic heterocycles. The zero-order chi connectivity index (χ0) is 22.9. The van der Waals surface area contributed by atoms with Crippen LogP contribution in [0.1, 0.15) is 35.6 Å². The Bertz CT molecular complexity index is 1200. The van der Waals surface area contributed by atoms with E-state index in [4.69, 9.17) is 11.6 Å². The zero-order valence-electron chi connectivity index (χ0n) is 18.0. The summed E-state index contributed by atoms with van der Waals surface area (Å²) in [5.74, 6) is -0.298. The number of hydrogen-bond donors (Lipinski definition) is 1. The fraction of sp³-hybridized carbons (Fsp3) is 0.273. The number of sulfonamides is 1. The smallest absolute Gasteiger partial charge is 0.255 e. The molecule has 3 aromatic rings. The van der Waals surface area contributed by atoms with Gasteiger partial charge in [0, 0.05) is 24.3 Å². The molecule has 1 heterocycles. The number of halogens is 1. The van der Waals surface area contributed by atoms with Crippen LogP contribution in [0.3, 0.4) is 0 Å². The van der Waals surface area contributed by atoms with Crippen molar-refractivity contribution >= 4 is 33.2 Å². The van der Waals surface area contributed by atoms with E-state index in [1.165, 1.54) is 16.4 Å². The summed E-state index contributed by atoms with van der Waals surface area (Å²) < 4.78 is 28.1. The molecule has 31 heavy (non-hydrogen) atoms. The molecule has 0 aliphatic rings. The SMILES string of the molecule is Cc1nn(-c2ccc(C(=O)Nc3ccc(S(=O)(=O)N(C)C(C)C)cc3)cc2)c(C)c1Cl. The minimum absolute atomic E-state index is 0.155. The fourth-order valence-corrected chi connectivity index (χ4v) is 4.47. The first-order valence-corrected chi connectivity index (χ1v) is 11.6. The standard InChI is InChI=1S/C22H25ClN4O3S/c1-14(2)26(5)31(29,30)20-12-8-18(9-13-20)24-22(28)17-6-10-19(11-7-17)27-16(4)21(23)15(3)25-27/h6-14H,1-5H3,(H,24,28). The third kappa shape index (κ3) is 4.66. The molecule has 0 bridgehead atoms. The molecule has 9 heteroatoms. The third-order valence-corrected chi connectivity index (χ3v) is 7.69. The van der Waals surface area contributed by atoms with Gasteiger partial charge in [-0.05, 0) is 76.2 Å². The lowest BCUT2D eigenvalue weighted by Crippen LogP contribution is -2.33. The normalized spacial score (nSPS) is 11.9. The molecule has 0 saturated heterocycles. The summed E-state index contributed by atoms with van der Waals surface area (Å²) in [6.45, 7) is 7.33. The molecule has 0 radical (unpaired) electrons. The van der Waals surface area contributed by atoms with Gasteiger partial charge >= 0.3 is 0 Å². The van der Waals surface area contributed by atoms with Gasteiger partial charge in [0.2, 0.25) is 10.0 Å². The van der Waals surface area contributed by atoms with Crippen molar-refractivity contribution in [1.82, 2.24) is 14.1 Å². The maximum atomic E-state index is 12.6. The van der Waals surface area contributed by atoms with E-state index in [9.17, 15) is 13.2 Å². The molecule has 1 aromatic heterocycles. The van der Waals surface area contributed by atoms with E-state index in [0.29, 0.717) is 16.3 Å². The first-order chi connectivity index (χ1) is 14.5. The summed E-state index contributed by atoms with van der Waals surface area (Å²) in [6.07, 6.45) is 0. The molecule has 0 saturated carbocycles. The molecule has 0 unspecified atom stereocenters. The Kier molecular flexibility index (Phi) is 6.54. The maximum Gasteiger partial charge on any atom is 0.255 e. The van der Waals surface area contributed by atoms with Crippen LogP contribution in [0.5, 0.6) is 0 Å². The van der Waals surface area contributed by atoms with Crippen molar-refractivity contribution in [2.45, 2.75) is 38.6 Å². The van der Waals surface area contributed by atoms with E-state index in [2.05, 4.69) is 10.4 Å². The Labute approximate surface area is 187 Å². The van der Waals surface area contributed by atoms with Crippen molar-refractivity contribution < 1.29 is 13.2 Å². The van der Waals surface area contributed by atoms with Crippen LogP contribution in [-0.2, 0) is 10.0 Å². The van der Waals surface area contributed by atoms with Crippen LogP contribution in [0, 0.1) is 13.8 Å². The molecule has 0 fully saturated rings. The lowest BCUT2D eigenvalue weighted by Gasteiger charge is -2.21. The van der Waals surface area contributed by atoms with Gasteiger partial charge < -0.3 is 5.32 Å². The fourth-order valence-electron chi connectivity index (χ4n) is 2.99. The molecule has 164 valence electrons. The largest absolute Gasteiger partial charge is 0.322 e. The quantitative estimate of drug-likeness (QED) is 0.590. The van der Waals surface area contributed by atoms with Crippen LogP contribution in [-0.4, -0.2) is 41.5 Å². The van der Waals surface area contributed by atoms with Gasteiger partial charge in [0.05, 0.1) is 27.0 Å². The van der Waals surface area contributed by atoms with Crippen molar-refractivity contribution in [3.63, 3.8) is 0 Å². The summed E-state index contributed by atoms with van der Waals surface area (Å²) in [6, 6.07) is 13.0. The molecule has 1 N–H and O–H groups in total. The van der Waals surface area contributed by atoms with Gasteiger partial charge in [0.1, 0.15) is 0 Å². The van der Waals surface area contributed by atoms with Crippen LogP contribution in [0.15, 0.2) is 53.4 Å². The summed E-state index contributed by atoms with van der Waals surface area (Å²) >= 11 is 6.20. The van der Waals surface area contributed by atoms with Gasteiger partial charge in [-0.2, -0.15) is 9.40 Å². The number of nitrogens with zero attached hydrogens (tertiary/aromatic N) is 3. The highest BCUT2D eigenvalue weighted by molar-refractivity contribution is 7.89. The predicted octanol–water partition coefficient (Wildman–Crippen LogP) is 4.42. The summed E-state index contributed by atoms with van der Waals surface area (Å²) in [5.41, 5.74) is 3.34. The number of benzene rings is 2. The van der Waals surface area contributed by atoms with E-state index in [0.717, 1.165) is 17.1 Å². The van der Waals surface area contributed by atoms with Gasteiger partial charge in [-0.25, -0.2) is 13.1 Å².